The van der Waals surface area contributed by atoms with E-state index in [1.165, 1.54) is 4.88 Å². The highest BCUT2D eigenvalue weighted by Crippen LogP contribution is 2.29. The molecule has 0 aromatic carbocycles. The van der Waals surface area contributed by atoms with Crippen LogP contribution in [0.25, 0.3) is 0 Å². The zero-order valence-electron chi connectivity index (χ0n) is 10.9. The average molecular weight is 282 g/mol. The van der Waals surface area contributed by atoms with Crippen molar-refractivity contribution in [3.8, 4) is 0 Å². The second-order valence-electron chi connectivity index (χ2n) is 4.40. The van der Waals surface area contributed by atoms with Crippen LogP contribution in [0.5, 0.6) is 0 Å². The summed E-state index contributed by atoms with van der Waals surface area (Å²) in [7, 11) is 0. The molecule has 2 aromatic rings. The first-order valence-corrected chi connectivity index (χ1v) is 6.99. The van der Waals surface area contributed by atoms with Crippen molar-refractivity contribution >= 4 is 28.6 Å². The lowest BCUT2D eigenvalue weighted by atomic mass is 10.2. The molecular formula is C13H16ClN3S. The molecule has 3 nitrogen and oxygen atoms in total. The van der Waals surface area contributed by atoms with E-state index in [2.05, 4.69) is 22.2 Å². The van der Waals surface area contributed by atoms with Gasteiger partial charge in [-0.25, -0.2) is 9.97 Å². The Bertz CT molecular complexity index is 565. The van der Waals surface area contributed by atoms with E-state index >= 15 is 0 Å². The highest BCUT2D eigenvalue weighted by atomic mass is 35.5. The van der Waals surface area contributed by atoms with Gasteiger partial charge in [0, 0.05) is 11.1 Å². The Morgan fingerprint density at radius 1 is 1.33 bits per heavy atom. The second-order valence-corrected chi connectivity index (χ2v) is 5.99. The van der Waals surface area contributed by atoms with Gasteiger partial charge in [-0.1, -0.05) is 11.6 Å². The molecular weight excluding hydrogens is 266 g/mol. The fourth-order valence-corrected chi connectivity index (χ4v) is 2.99. The van der Waals surface area contributed by atoms with Gasteiger partial charge in [-0.15, -0.1) is 11.3 Å². The number of nitrogens with one attached hydrogen (secondary N) is 1. The zero-order valence-corrected chi connectivity index (χ0v) is 12.5. The standard InChI is InChI=1S/C13H16ClN3S/c1-7-5-11(13(14)15-6-7)17-9(3)12-8(2)16-10(4)18-12/h5-6,9,17H,1-4H3. The molecule has 1 N–H and O–H groups in total. The minimum absolute atomic E-state index is 0.178. The number of rotatable bonds is 3. The number of anilines is 1. The predicted octanol–water partition coefficient (Wildman–Crippen LogP) is 4.29. The van der Waals surface area contributed by atoms with Crippen molar-refractivity contribution in [1.82, 2.24) is 9.97 Å². The molecule has 2 heterocycles. The van der Waals surface area contributed by atoms with E-state index in [0.717, 1.165) is 22.0 Å². The maximum Gasteiger partial charge on any atom is 0.152 e. The van der Waals surface area contributed by atoms with Crippen LogP contribution in [-0.2, 0) is 0 Å². The third kappa shape index (κ3) is 2.82. The van der Waals surface area contributed by atoms with E-state index in [4.69, 9.17) is 11.6 Å². The van der Waals surface area contributed by atoms with Crippen LogP contribution in [0.2, 0.25) is 5.15 Å². The van der Waals surface area contributed by atoms with Crippen LogP contribution in [0.3, 0.4) is 0 Å². The normalized spacial score (nSPS) is 12.5. The summed E-state index contributed by atoms with van der Waals surface area (Å²) in [6, 6.07) is 2.19. The zero-order chi connectivity index (χ0) is 13.3. The minimum atomic E-state index is 0.178. The largest absolute Gasteiger partial charge is 0.375 e. The van der Waals surface area contributed by atoms with Crippen LogP contribution in [0.1, 0.15) is 34.1 Å². The Labute approximate surface area is 116 Å². The molecule has 0 saturated carbocycles. The van der Waals surface area contributed by atoms with Crippen LogP contribution in [0.15, 0.2) is 12.3 Å². The predicted molar refractivity (Wildman–Crippen MR) is 77.6 cm³/mol. The maximum absolute atomic E-state index is 6.09. The Morgan fingerprint density at radius 2 is 2.06 bits per heavy atom. The van der Waals surface area contributed by atoms with Crippen molar-refractivity contribution in [2.45, 2.75) is 33.7 Å². The van der Waals surface area contributed by atoms with Gasteiger partial charge in [-0.05, 0) is 39.3 Å². The van der Waals surface area contributed by atoms with Gasteiger partial charge in [0.1, 0.15) is 0 Å². The summed E-state index contributed by atoms with van der Waals surface area (Å²) in [6.45, 7) is 8.17. The number of halogens is 1. The van der Waals surface area contributed by atoms with E-state index in [-0.39, 0.29) is 6.04 Å². The maximum atomic E-state index is 6.09. The lowest BCUT2D eigenvalue weighted by molar-refractivity contribution is 0.887. The topological polar surface area (TPSA) is 37.8 Å². The molecule has 0 spiro atoms. The molecule has 0 aliphatic heterocycles. The number of aryl methyl sites for hydroxylation is 3. The molecule has 2 rings (SSSR count). The molecule has 18 heavy (non-hydrogen) atoms. The van der Waals surface area contributed by atoms with E-state index in [0.29, 0.717) is 5.15 Å². The molecule has 1 atom stereocenters. The first-order chi connectivity index (χ1) is 8.47. The van der Waals surface area contributed by atoms with Gasteiger partial charge in [0.25, 0.3) is 0 Å². The second kappa shape index (κ2) is 5.24. The third-order valence-corrected chi connectivity index (χ3v) is 4.24. The SMILES string of the molecule is Cc1cnc(Cl)c(NC(C)c2sc(C)nc2C)c1. The fraction of sp³-hybridized carbons (Fsp3) is 0.385. The van der Waals surface area contributed by atoms with Gasteiger partial charge >= 0.3 is 0 Å². The van der Waals surface area contributed by atoms with Crippen molar-refractivity contribution < 1.29 is 0 Å². The molecule has 5 heteroatoms. The molecule has 96 valence electrons. The summed E-state index contributed by atoms with van der Waals surface area (Å²) in [4.78, 5) is 9.83. The Kier molecular flexibility index (Phi) is 3.88. The van der Waals surface area contributed by atoms with Crippen LogP contribution < -0.4 is 5.32 Å². The van der Waals surface area contributed by atoms with Crippen LogP contribution in [-0.4, -0.2) is 9.97 Å². The summed E-state index contributed by atoms with van der Waals surface area (Å²) < 4.78 is 0. The lowest BCUT2D eigenvalue weighted by Crippen LogP contribution is -2.07. The highest BCUT2D eigenvalue weighted by molar-refractivity contribution is 7.11. The summed E-state index contributed by atoms with van der Waals surface area (Å²) >= 11 is 7.80. The Balaban J connectivity index is 2.23. The highest BCUT2D eigenvalue weighted by Gasteiger charge is 2.14. The molecule has 0 aliphatic rings. The molecule has 0 amide bonds. The van der Waals surface area contributed by atoms with Gasteiger partial charge in [0.15, 0.2) is 5.15 Å². The van der Waals surface area contributed by atoms with E-state index < -0.39 is 0 Å². The van der Waals surface area contributed by atoms with Crippen molar-refractivity contribution in [2.24, 2.45) is 0 Å². The monoisotopic (exact) mass is 281 g/mol. The van der Waals surface area contributed by atoms with Crippen molar-refractivity contribution in [1.29, 1.82) is 0 Å². The Morgan fingerprint density at radius 3 is 2.67 bits per heavy atom. The van der Waals surface area contributed by atoms with Gasteiger partial charge in [-0.3, -0.25) is 0 Å². The van der Waals surface area contributed by atoms with Gasteiger partial charge in [0.05, 0.1) is 22.4 Å². The molecule has 0 bridgehead atoms. The van der Waals surface area contributed by atoms with Crippen molar-refractivity contribution in [3.05, 3.63) is 38.6 Å². The van der Waals surface area contributed by atoms with Gasteiger partial charge < -0.3 is 5.32 Å². The first kappa shape index (κ1) is 13.3. The van der Waals surface area contributed by atoms with E-state index in [1.807, 2.05) is 26.8 Å². The number of aromatic nitrogens is 2. The van der Waals surface area contributed by atoms with Crippen molar-refractivity contribution in [3.63, 3.8) is 0 Å². The van der Waals surface area contributed by atoms with E-state index in [1.54, 1.807) is 17.5 Å². The molecule has 2 aromatic heterocycles. The summed E-state index contributed by atoms with van der Waals surface area (Å²) in [5, 5.41) is 4.99. The number of pyridine rings is 1. The number of hydrogen-bond donors (Lipinski definition) is 1. The quantitative estimate of drug-likeness (QED) is 0.853. The molecule has 0 fully saturated rings. The summed E-state index contributed by atoms with van der Waals surface area (Å²) in [6.07, 6.45) is 1.76. The number of nitrogens with zero attached hydrogens (tertiary/aromatic N) is 2. The lowest BCUT2D eigenvalue weighted by Gasteiger charge is -2.15. The third-order valence-electron chi connectivity index (χ3n) is 2.68. The number of thiazole rings is 1. The summed E-state index contributed by atoms with van der Waals surface area (Å²) in [5.74, 6) is 0. The van der Waals surface area contributed by atoms with Crippen LogP contribution in [0, 0.1) is 20.8 Å². The van der Waals surface area contributed by atoms with Gasteiger partial charge in [0.2, 0.25) is 0 Å². The van der Waals surface area contributed by atoms with Crippen LogP contribution in [0.4, 0.5) is 5.69 Å². The summed E-state index contributed by atoms with van der Waals surface area (Å²) in [5.41, 5.74) is 3.04. The molecule has 0 saturated heterocycles. The minimum Gasteiger partial charge on any atom is -0.375 e. The molecule has 0 radical (unpaired) electrons. The first-order valence-electron chi connectivity index (χ1n) is 5.80. The average Bonchev–Trinajstić information content (AvgIpc) is 2.63. The number of hydrogen-bond acceptors (Lipinski definition) is 4. The fourth-order valence-electron chi connectivity index (χ4n) is 1.90. The smallest absolute Gasteiger partial charge is 0.152 e. The molecule has 1 unspecified atom stereocenters. The van der Waals surface area contributed by atoms with E-state index in [9.17, 15) is 0 Å². The molecule has 0 aliphatic carbocycles. The van der Waals surface area contributed by atoms with Gasteiger partial charge in [-0.2, -0.15) is 0 Å². The Hall–Kier alpha value is -1.13. The van der Waals surface area contributed by atoms with Crippen molar-refractivity contribution in [2.75, 3.05) is 5.32 Å². The van der Waals surface area contributed by atoms with Crippen LogP contribution >= 0.6 is 22.9 Å².